The Hall–Kier alpha value is -2.37. The van der Waals surface area contributed by atoms with Crippen molar-refractivity contribution in [3.8, 4) is 11.1 Å². The fraction of sp³-hybridized carbons (Fsp3) is 0.435. The van der Waals surface area contributed by atoms with Gasteiger partial charge in [-0.15, -0.1) is 0 Å². The maximum Gasteiger partial charge on any atom is 0.409 e. The zero-order chi connectivity index (χ0) is 19.5. The predicted molar refractivity (Wildman–Crippen MR) is 109 cm³/mol. The molecular formula is C23H28N2O3. The van der Waals surface area contributed by atoms with Crippen LogP contribution < -0.4 is 0 Å². The van der Waals surface area contributed by atoms with Gasteiger partial charge in [0.05, 0.1) is 6.10 Å². The molecule has 1 heterocycles. The molecule has 0 radical (unpaired) electrons. The number of hydrogen-bond acceptors (Lipinski definition) is 4. The molecule has 1 N–H and O–H groups in total. The molecule has 0 aromatic heterocycles. The second-order valence-electron chi connectivity index (χ2n) is 7.79. The van der Waals surface area contributed by atoms with E-state index in [0.29, 0.717) is 26.2 Å². The van der Waals surface area contributed by atoms with Crippen LogP contribution in [-0.4, -0.2) is 66.4 Å². The first-order valence-corrected chi connectivity index (χ1v) is 10.1. The van der Waals surface area contributed by atoms with Crippen LogP contribution in [0.4, 0.5) is 4.79 Å². The number of aliphatic hydroxyl groups is 1. The molecule has 28 heavy (non-hydrogen) atoms. The first-order valence-electron chi connectivity index (χ1n) is 10.1. The van der Waals surface area contributed by atoms with E-state index in [1.165, 1.54) is 22.3 Å². The first-order chi connectivity index (χ1) is 13.6. The highest BCUT2D eigenvalue weighted by Crippen LogP contribution is 2.44. The van der Waals surface area contributed by atoms with E-state index in [1.54, 1.807) is 11.8 Å². The highest BCUT2D eigenvalue weighted by Gasteiger charge is 2.30. The summed E-state index contributed by atoms with van der Waals surface area (Å²) in [4.78, 5) is 16.7. The fourth-order valence-electron chi connectivity index (χ4n) is 4.40. The summed E-state index contributed by atoms with van der Waals surface area (Å²) in [5, 5.41) is 9.59. The second kappa shape index (κ2) is 8.33. The topological polar surface area (TPSA) is 53.0 Å². The molecule has 0 bridgehead atoms. The normalized spacial score (nSPS) is 18.3. The van der Waals surface area contributed by atoms with Gasteiger partial charge in [0, 0.05) is 32.1 Å². The lowest BCUT2D eigenvalue weighted by Crippen LogP contribution is -2.37. The van der Waals surface area contributed by atoms with E-state index < -0.39 is 0 Å². The molecule has 1 amide bonds. The number of hydrogen-bond donors (Lipinski definition) is 1. The van der Waals surface area contributed by atoms with E-state index in [2.05, 4.69) is 41.3 Å². The lowest BCUT2D eigenvalue weighted by molar-refractivity contribution is 0.0986. The number of rotatable bonds is 4. The Kier molecular flexibility index (Phi) is 5.64. The molecule has 148 valence electrons. The van der Waals surface area contributed by atoms with Crippen molar-refractivity contribution in [2.45, 2.75) is 25.4 Å². The summed E-state index contributed by atoms with van der Waals surface area (Å²) in [7, 11) is 0. The van der Waals surface area contributed by atoms with Crippen LogP contribution in [0.2, 0.25) is 0 Å². The van der Waals surface area contributed by atoms with Gasteiger partial charge in [-0.05, 0) is 42.1 Å². The van der Waals surface area contributed by atoms with E-state index in [9.17, 15) is 9.90 Å². The molecule has 2 aromatic rings. The lowest BCUT2D eigenvalue weighted by Gasteiger charge is -2.23. The van der Waals surface area contributed by atoms with Gasteiger partial charge in [0.15, 0.2) is 0 Å². The Balaban J connectivity index is 1.40. The number of aliphatic hydroxyl groups excluding tert-OH is 1. The summed E-state index contributed by atoms with van der Waals surface area (Å²) >= 11 is 0. The average Bonchev–Trinajstić information content (AvgIpc) is 2.83. The molecule has 1 aliphatic heterocycles. The summed E-state index contributed by atoms with van der Waals surface area (Å²) in [5.41, 5.74) is 4.94. The molecule has 1 atom stereocenters. The fourth-order valence-corrected chi connectivity index (χ4v) is 4.40. The summed E-state index contributed by atoms with van der Waals surface area (Å²) < 4.78 is 5.77. The van der Waals surface area contributed by atoms with Gasteiger partial charge in [-0.1, -0.05) is 48.5 Å². The van der Waals surface area contributed by atoms with E-state index in [0.717, 1.165) is 19.5 Å². The minimum Gasteiger partial charge on any atom is -0.448 e. The highest BCUT2D eigenvalue weighted by atomic mass is 16.6. The van der Waals surface area contributed by atoms with Crippen LogP contribution in [0.1, 0.15) is 30.4 Å². The molecular weight excluding hydrogens is 352 g/mol. The maximum atomic E-state index is 12.7. The molecule has 0 spiro atoms. The number of fused-ring (bicyclic) bond motifs is 3. The SMILES string of the molecule is CC(O)CN1CCCN(C(=O)OCC2c3ccccc3-c3ccccc32)CC1. The number of β-amino-alcohol motifs (C(OH)–C–C–N with tert-alkyl or cyclic N) is 1. The van der Waals surface area contributed by atoms with Crippen molar-refractivity contribution in [3.05, 3.63) is 59.7 Å². The van der Waals surface area contributed by atoms with Crippen molar-refractivity contribution in [1.82, 2.24) is 9.80 Å². The van der Waals surface area contributed by atoms with Crippen molar-refractivity contribution >= 4 is 6.09 Å². The minimum absolute atomic E-state index is 0.0927. The van der Waals surface area contributed by atoms with Gasteiger partial charge in [-0.3, -0.25) is 4.90 Å². The van der Waals surface area contributed by atoms with Gasteiger partial charge in [-0.2, -0.15) is 0 Å². The standard InChI is InChI=1S/C23H28N2O3/c1-17(26)15-24-11-6-12-25(14-13-24)23(27)28-16-22-20-9-4-2-7-18(20)19-8-3-5-10-21(19)22/h2-5,7-10,17,22,26H,6,11-16H2,1H3. The molecule has 5 nitrogen and oxygen atoms in total. The Morgan fingerprint density at radius 1 is 1.04 bits per heavy atom. The molecule has 1 unspecified atom stereocenters. The summed E-state index contributed by atoms with van der Waals surface area (Å²) in [6.07, 6.45) is 0.318. The second-order valence-corrected chi connectivity index (χ2v) is 7.79. The number of amides is 1. The number of nitrogens with zero attached hydrogens (tertiary/aromatic N) is 2. The van der Waals surface area contributed by atoms with E-state index in [-0.39, 0.29) is 18.1 Å². The van der Waals surface area contributed by atoms with Gasteiger partial charge < -0.3 is 14.7 Å². The van der Waals surface area contributed by atoms with Crippen LogP contribution in [0, 0.1) is 0 Å². The zero-order valence-corrected chi connectivity index (χ0v) is 16.4. The van der Waals surface area contributed by atoms with Crippen LogP contribution in [0.15, 0.2) is 48.5 Å². The smallest absolute Gasteiger partial charge is 0.409 e. The zero-order valence-electron chi connectivity index (χ0n) is 16.4. The minimum atomic E-state index is -0.346. The van der Waals surface area contributed by atoms with Crippen LogP contribution in [0.5, 0.6) is 0 Å². The third-order valence-corrected chi connectivity index (χ3v) is 5.71. The van der Waals surface area contributed by atoms with Crippen LogP contribution in [0.25, 0.3) is 11.1 Å². The molecule has 1 fully saturated rings. The summed E-state index contributed by atoms with van der Waals surface area (Å²) in [6.45, 7) is 5.83. The van der Waals surface area contributed by atoms with Gasteiger partial charge >= 0.3 is 6.09 Å². The first kappa shape index (κ1) is 19.0. The average molecular weight is 380 g/mol. The van der Waals surface area contributed by atoms with Gasteiger partial charge in [0.1, 0.15) is 6.61 Å². The Morgan fingerprint density at radius 3 is 2.32 bits per heavy atom. The molecule has 1 aliphatic carbocycles. The highest BCUT2D eigenvalue weighted by molar-refractivity contribution is 5.79. The number of benzene rings is 2. The number of carbonyl (C=O) groups excluding carboxylic acids is 1. The molecule has 2 aromatic carbocycles. The Morgan fingerprint density at radius 2 is 1.68 bits per heavy atom. The Bertz CT molecular complexity index is 791. The lowest BCUT2D eigenvalue weighted by atomic mass is 9.98. The maximum absolute atomic E-state index is 12.7. The van der Waals surface area contributed by atoms with Crippen molar-refractivity contribution < 1.29 is 14.6 Å². The van der Waals surface area contributed by atoms with Gasteiger partial charge in [0.25, 0.3) is 0 Å². The van der Waals surface area contributed by atoms with Crippen LogP contribution in [-0.2, 0) is 4.74 Å². The van der Waals surface area contributed by atoms with E-state index >= 15 is 0 Å². The van der Waals surface area contributed by atoms with Crippen molar-refractivity contribution in [2.24, 2.45) is 0 Å². The molecule has 0 saturated carbocycles. The number of carbonyl (C=O) groups is 1. The number of ether oxygens (including phenoxy) is 1. The van der Waals surface area contributed by atoms with Crippen molar-refractivity contribution in [1.29, 1.82) is 0 Å². The van der Waals surface area contributed by atoms with Crippen molar-refractivity contribution in [2.75, 3.05) is 39.3 Å². The predicted octanol–water partition coefficient (Wildman–Crippen LogP) is 3.32. The molecule has 4 rings (SSSR count). The quantitative estimate of drug-likeness (QED) is 0.884. The van der Waals surface area contributed by atoms with Crippen LogP contribution >= 0.6 is 0 Å². The Labute approximate surface area is 166 Å². The third kappa shape index (κ3) is 3.91. The largest absolute Gasteiger partial charge is 0.448 e. The summed E-state index contributed by atoms with van der Waals surface area (Å²) in [5.74, 6) is 0.0927. The molecule has 5 heteroatoms. The third-order valence-electron chi connectivity index (χ3n) is 5.71. The van der Waals surface area contributed by atoms with E-state index in [4.69, 9.17) is 4.74 Å². The monoisotopic (exact) mass is 380 g/mol. The van der Waals surface area contributed by atoms with Gasteiger partial charge in [-0.25, -0.2) is 4.79 Å². The molecule has 1 saturated heterocycles. The van der Waals surface area contributed by atoms with Crippen molar-refractivity contribution in [3.63, 3.8) is 0 Å². The van der Waals surface area contributed by atoms with Gasteiger partial charge in [0.2, 0.25) is 0 Å². The summed E-state index contributed by atoms with van der Waals surface area (Å²) in [6, 6.07) is 16.8. The van der Waals surface area contributed by atoms with Crippen LogP contribution in [0.3, 0.4) is 0 Å². The molecule has 2 aliphatic rings. The van der Waals surface area contributed by atoms with E-state index in [1.807, 2.05) is 12.1 Å².